The Bertz CT molecular complexity index is 667. The van der Waals surface area contributed by atoms with E-state index in [0.29, 0.717) is 12.3 Å². The summed E-state index contributed by atoms with van der Waals surface area (Å²) in [5.41, 5.74) is 3.99. The molecule has 0 bridgehead atoms. The molecule has 1 heterocycles. The maximum absolute atomic E-state index is 12.5. The molecule has 3 rings (SSSR count). The van der Waals surface area contributed by atoms with Gasteiger partial charge in [-0.15, -0.1) is 0 Å². The van der Waals surface area contributed by atoms with E-state index < -0.39 is 0 Å². The number of aromatic amines is 1. The van der Waals surface area contributed by atoms with Crippen molar-refractivity contribution in [3.8, 4) is 5.75 Å². The number of aryl methyl sites for hydroxylation is 2. The molecule has 1 aliphatic carbocycles. The summed E-state index contributed by atoms with van der Waals surface area (Å²) in [6.07, 6.45) is 2.70. The molecule has 1 fully saturated rings. The fourth-order valence-electron chi connectivity index (χ4n) is 2.93. The van der Waals surface area contributed by atoms with Gasteiger partial charge in [0.15, 0.2) is 0 Å². The number of methoxy groups -OCH3 is 1. The van der Waals surface area contributed by atoms with Crippen LogP contribution in [0.1, 0.15) is 41.4 Å². The minimum atomic E-state index is 0.0466. The number of amides is 1. The normalized spacial score (nSPS) is 15.3. The van der Waals surface area contributed by atoms with Gasteiger partial charge >= 0.3 is 0 Å². The highest BCUT2D eigenvalue weighted by Crippen LogP contribution is 2.41. The van der Waals surface area contributed by atoms with Crippen LogP contribution in [0.3, 0.4) is 0 Å². The Labute approximate surface area is 136 Å². The predicted molar refractivity (Wildman–Crippen MR) is 88.4 cm³/mol. The Hall–Kier alpha value is -2.30. The number of carbonyl (C=O) groups excluding carboxylic acids is 1. The summed E-state index contributed by atoms with van der Waals surface area (Å²) in [5.74, 6) is 1.42. The van der Waals surface area contributed by atoms with E-state index in [1.807, 2.05) is 38.1 Å². The second-order valence-electron chi connectivity index (χ2n) is 6.25. The first-order chi connectivity index (χ1) is 11.1. The first kappa shape index (κ1) is 15.6. The fraction of sp³-hybridized carbons (Fsp3) is 0.444. The Morgan fingerprint density at radius 3 is 2.57 bits per heavy atom. The van der Waals surface area contributed by atoms with Crippen LogP contribution < -0.4 is 10.1 Å². The third-order valence-electron chi connectivity index (χ3n) is 4.50. The predicted octanol–water partition coefficient (Wildman–Crippen LogP) is 2.85. The third kappa shape index (κ3) is 3.55. The van der Waals surface area contributed by atoms with E-state index in [0.717, 1.165) is 28.3 Å². The van der Waals surface area contributed by atoms with Crippen molar-refractivity contribution in [2.75, 3.05) is 7.11 Å². The van der Waals surface area contributed by atoms with Crippen LogP contribution in [0, 0.1) is 19.8 Å². The molecular formula is C18H23N3O2. The van der Waals surface area contributed by atoms with Crippen LogP contribution >= 0.6 is 0 Å². The van der Waals surface area contributed by atoms with Crippen LogP contribution in [0.4, 0.5) is 0 Å². The molecule has 1 saturated carbocycles. The maximum Gasteiger partial charge on any atom is 0.225 e. The van der Waals surface area contributed by atoms with E-state index >= 15 is 0 Å². The van der Waals surface area contributed by atoms with Gasteiger partial charge in [-0.05, 0) is 50.3 Å². The van der Waals surface area contributed by atoms with Crippen LogP contribution in [-0.4, -0.2) is 23.2 Å². The SMILES string of the molecule is COc1ccc([C@H](NC(=O)Cc2c(C)n[nH]c2C)C2CC2)cc1. The molecule has 1 aromatic carbocycles. The number of nitrogens with one attached hydrogen (secondary N) is 2. The summed E-state index contributed by atoms with van der Waals surface area (Å²) >= 11 is 0. The standard InChI is InChI=1S/C18H23N3O2/c1-11-16(12(2)21-20-11)10-17(22)19-18(13-4-5-13)14-6-8-15(23-3)9-7-14/h6-9,13,18H,4-5,10H2,1-3H3,(H,19,22)(H,20,21)/t18-/m1/s1. The molecule has 5 heteroatoms. The van der Waals surface area contributed by atoms with Gasteiger partial charge in [-0.25, -0.2) is 0 Å². The van der Waals surface area contributed by atoms with Crippen LogP contribution in [0.25, 0.3) is 0 Å². The van der Waals surface area contributed by atoms with E-state index in [4.69, 9.17) is 4.74 Å². The lowest BCUT2D eigenvalue weighted by Gasteiger charge is -2.19. The Balaban J connectivity index is 1.70. The molecule has 122 valence electrons. The molecule has 1 amide bonds. The van der Waals surface area contributed by atoms with Gasteiger partial charge < -0.3 is 10.1 Å². The Morgan fingerprint density at radius 2 is 2.04 bits per heavy atom. The monoisotopic (exact) mass is 313 g/mol. The maximum atomic E-state index is 12.5. The number of nitrogens with zero attached hydrogens (tertiary/aromatic N) is 1. The summed E-state index contributed by atoms with van der Waals surface area (Å²) < 4.78 is 5.20. The van der Waals surface area contributed by atoms with E-state index in [2.05, 4.69) is 15.5 Å². The van der Waals surface area contributed by atoms with Gasteiger partial charge in [0.1, 0.15) is 5.75 Å². The van der Waals surface area contributed by atoms with Crippen molar-refractivity contribution in [3.05, 3.63) is 46.8 Å². The molecule has 0 radical (unpaired) electrons. The molecule has 5 nitrogen and oxygen atoms in total. The van der Waals surface area contributed by atoms with E-state index in [9.17, 15) is 4.79 Å². The van der Waals surface area contributed by atoms with Crippen LogP contribution in [-0.2, 0) is 11.2 Å². The summed E-state index contributed by atoms with van der Waals surface area (Å²) in [4.78, 5) is 12.5. The molecule has 23 heavy (non-hydrogen) atoms. The number of aromatic nitrogens is 2. The number of hydrogen-bond donors (Lipinski definition) is 2. The molecule has 2 aromatic rings. The van der Waals surface area contributed by atoms with Gasteiger partial charge in [0.05, 0.1) is 25.3 Å². The number of benzene rings is 1. The third-order valence-corrected chi connectivity index (χ3v) is 4.50. The van der Waals surface area contributed by atoms with Gasteiger partial charge in [-0.2, -0.15) is 5.10 Å². The zero-order valence-corrected chi connectivity index (χ0v) is 13.8. The summed E-state index contributed by atoms with van der Waals surface area (Å²) in [5, 5.41) is 10.3. The van der Waals surface area contributed by atoms with Crippen molar-refractivity contribution in [1.82, 2.24) is 15.5 Å². The average Bonchev–Trinajstić information content (AvgIpc) is 3.35. The van der Waals surface area contributed by atoms with Crippen LogP contribution in [0.2, 0.25) is 0 Å². The largest absolute Gasteiger partial charge is 0.497 e. The molecule has 1 aliphatic rings. The second kappa shape index (κ2) is 6.44. The first-order valence-corrected chi connectivity index (χ1v) is 8.02. The molecule has 0 aliphatic heterocycles. The van der Waals surface area contributed by atoms with E-state index in [1.165, 1.54) is 12.8 Å². The molecule has 0 saturated heterocycles. The van der Waals surface area contributed by atoms with Gasteiger partial charge in [0.2, 0.25) is 5.91 Å². The van der Waals surface area contributed by atoms with Crippen LogP contribution in [0.15, 0.2) is 24.3 Å². The van der Waals surface area contributed by atoms with Gasteiger partial charge in [0.25, 0.3) is 0 Å². The smallest absolute Gasteiger partial charge is 0.225 e. The van der Waals surface area contributed by atoms with Gasteiger partial charge in [-0.3, -0.25) is 9.89 Å². The summed E-state index contributed by atoms with van der Waals surface area (Å²) in [7, 11) is 1.66. The quantitative estimate of drug-likeness (QED) is 0.862. The van der Waals surface area contributed by atoms with Crippen molar-refractivity contribution < 1.29 is 9.53 Å². The highest BCUT2D eigenvalue weighted by molar-refractivity contribution is 5.79. The minimum Gasteiger partial charge on any atom is -0.497 e. The number of H-pyrrole nitrogens is 1. The average molecular weight is 313 g/mol. The van der Waals surface area contributed by atoms with Gasteiger partial charge in [-0.1, -0.05) is 12.1 Å². The highest BCUT2D eigenvalue weighted by Gasteiger charge is 2.33. The highest BCUT2D eigenvalue weighted by atomic mass is 16.5. The fourth-order valence-corrected chi connectivity index (χ4v) is 2.93. The Kier molecular flexibility index (Phi) is 4.37. The van der Waals surface area contributed by atoms with E-state index in [-0.39, 0.29) is 11.9 Å². The van der Waals surface area contributed by atoms with E-state index in [1.54, 1.807) is 7.11 Å². The van der Waals surface area contributed by atoms with Crippen molar-refractivity contribution in [2.45, 2.75) is 39.2 Å². The van der Waals surface area contributed by atoms with Crippen molar-refractivity contribution in [3.63, 3.8) is 0 Å². The molecule has 1 atom stereocenters. The number of carbonyl (C=O) groups is 1. The second-order valence-corrected chi connectivity index (χ2v) is 6.25. The van der Waals surface area contributed by atoms with Crippen molar-refractivity contribution in [2.24, 2.45) is 5.92 Å². The molecule has 0 unspecified atom stereocenters. The molecule has 0 spiro atoms. The lowest BCUT2D eigenvalue weighted by atomic mass is 10.0. The van der Waals surface area contributed by atoms with Gasteiger partial charge in [0, 0.05) is 11.3 Å². The number of ether oxygens (including phenoxy) is 1. The molecule has 2 N–H and O–H groups in total. The number of rotatable bonds is 6. The number of hydrogen-bond acceptors (Lipinski definition) is 3. The first-order valence-electron chi connectivity index (χ1n) is 8.02. The van der Waals surface area contributed by atoms with Crippen LogP contribution in [0.5, 0.6) is 5.75 Å². The Morgan fingerprint density at radius 1 is 1.35 bits per heavy atom. The summed E-state index contributed by atoms with van der Waals surface area (Å²) in [6, 6.07) is 8.05. The van der Waals surface area contributed by atoms with Crippen molar-refractivity contribution in [1.29, 1.82) is 0 Å². The topological polar surface area (TPSA) is 67.0 Å². The molecule has 1 aromatic heterocycles. The lowest BCUT2D eigenvalue weighted by Crippen LogP contribution is -2.31. The summed E-state index contributed by atoms with van der Waals surface area (Å²) in [6.45, 7) is 3.87. The lowest BCUT2D eigenvalue weighted by molar-refractivity contribution is -0.121. The van der Waals surface area contributed by atoms with Crippen molar-refractivity contribution >= 4 is 5.91 Å². The minimum absolute atomic E-state index is 0.0466. The molecular weight excluding hydrogens is 290 g/mol. The zero-order valence-electron chi connectivity index (χ0n) is 13.8. The zero-order chi connectivity index (χ0) is 16.4.